The van der Waals surface area contributed by atoms with Crippen molar-refractivity contribution < 1.29 is 8.42 Å². The SMILES string of the molecule is CN(Cc1ccccc1)S(=O)(=O)c1cccc(CCl)c1. The fraction of sp³-hybridized carbons (Fsp3) is 0.200. The van der Waals surface area contributed by atoms with Crippen LogP contribution in [0.4, 0.5) is 0 Å². The van der Waals surface area contributed by atoms with E-state index in [1.54, 1.807) is 25.2 Å². The zero-order valence-corrected chi connectivity index (χ0v) is 12.7. The van der Waals surface area contributed by atoms with Gasteiger partial charge in [0.05, 0.1) is 4.90 Å². The van der Waals surface area contributed by atoms with Crippen LogP contribution in [0.25, 0.3) is 0 Å². The molecule has 0 heterocycles. The maximum absolute atomic E-state index is 12.5. The molecule has 0 aromatic heterocycles. The first kappa shape index (κ1) is 15.0. The van der Waals surface area contributed by atoms with E-state index in [2.05, 4.69) is 0 Å². The second-order valence-electron chi connectivity index (χ2n) is 4.53. The molecule has 106 valence electrons. The minimum absolute atomic E-state index is 0.272. The van der Waals surface area contributed by atoms with Gasteiger partial charge in [0.1, 0.15) is 0 Å². The highest BCUT2D eigenvalue weighted by Crippen LogP contribution is 2.18. The van der Waals surface area contributed by atoms with Gasteiger partial charge in [0.15, 0.2) is 0 Å². The predicted octanol–water partition coefficient (Wildman–Crippen LogP) is 3.25. The van der Waals surface area contributed by atoms with E-state index >= 15 is 0 Å². The van der Waals surface area contributed by atoms with Crippen molar-refractivity contribution in [2.24, 2.45) is 0 Å². The number of nitrogens with zero attached hydrogens (tertiary/aromatic N) is 1. The van der Waals surface area contributed by atoms with E-state index in [0.29, 0.717) is 12.4 Å². The van der Waals surface area contributed by atoms with Crippen molar-refractivity contribution in [1.82, 2.24) is 4.31 Å². The molecule has 0 saturated carbocycles. The smallest absolute Gasteiger partial charge is 0.207 e. The van der Waals surface area contributed by atoms with Crippen molar-refractivity contribution in [2.45, 2.75) is 17.3 Å². The molecule has 2 aromatic rings. The van der Waals surface area contributed by atoms with Gasteiger partial charge in [-0.15, -0.1) is 11.6 Å². The molecule has 0 fully saturated rings. The summed E-state index contributed by atoms with van der Waals surface area (Å²) in [5, 5.41) is 0. The van der Waals surface area contributed by atoms with Crippen LogP contribution in [0.5, 0.6) is 0 Å². The van der Waals surface area contributed by atoms with Crippen LogP contribution in [0.1, 0.15) is 11.1 Å². The summed E-state index contributed by atoms with van der Waals surface area (Å²) in [5.74, 6) is 0.297. The van der Waals surface area contributed by atoms with Crippen molar-refractivity contribution in [3.63, 3.8) is 0 Å². The summed E-state index contributed by atoms with van der Waals surface area (Å²) in [4.78, 5) is 0.272. The molecule has 0 aliphatic carbocycles. The summed E-state index contributed by atoms with van der Waals surface area (Å²) in [6.07, 6.45) is 0. The third-order valence-electron chi connectivity index (χ3n) is 3.01. The molecule has 20 heavy (non-hydrogen) atoms. The second kappa shape index (κ2) is 6.39. The number of halogens is 1. The molecular formula is C15H16ClNO2S. The number of hydrogen-bond donors (Lipinski definition) is 0. The third-order valence-corrected chi connectivity index (χ3v) is 5.12. The third kappa shape index (κ3) is 3.39. The minimum atomic E-state index is -3.50. The Morgan fingerprint density at radius 2 is 1.65 bits per heavy atom. The van der Waals surface area contributed by atoms with Crippen LogP contribution in [-0.4, -0.2) is 19.8 Å². The number of rotatable bonds is 5. The van der Waals surface area contributed by atoms with Gasteiger partial charge in [0, 0.05) is 19.5 Å². The van der Waals surface area contributed by atoms with E-state index in [4.69, 9.17) is 11.6 Å². The quantitative estimate of drug-likeness (QED) is 0.795. The molecule has 3 nitrogen and oxygen atoms in total. The Bertz CT molecular complexity index is 671. The van der Waals surface area contributed by atoms with Gasteiger partial charge in [-0.1, -0.05) is 42.5 Å². The van der Waals surface area contributed by atoms with Crippen molar-refractivity contribution >= 4 is 21.6 Å². The molecule has 0 bridgehead atoms. The first-order valence-corrected chi connectivity index (χ1v) is 8.16. The van der Waals surface area contributed by atoms with Crippen LogP contribution >= 0.6 is 11.6 Å². The van der Waals surface area contributed by atoms with E-state index in [-0.39, 0.29) is 4.90 Å². The minimum Gasteiger partial charge on any atom is -0.207 e. The lowest BCUT2D eigenvalue weighted by Crippen LogP contribution is -2.26. The summed E-state index contributed by atoms with van der Waals surface area (Å²) in [7, 11) is -1.92. The fourth-order valence-corrected chi connectivity index (χ4v) is 3.29. The number of alkyl halides is 1. The largest absolute Gasteiger partial charge is 0.243 e. The second-order valence-corrected chi connectivity index (χ2v) is 6.84. The molecule has 2 rings (SSSR count). The molecule has 2 aromatic carbocycles. The van der Waals surface area contributed by atoms with Gasteiger partial charge >= 0.3 is 0 Å². The fourth-order valence-electron chi connectivity index (χ4n) is 1.89. The zero-order chi connectivity index (χ0) is 14.6. The topological polar surface area (TPSA) is 37.4 Å². The first-order chi connectivity index (χ1) is 9.54. The number of benzene rings is 2. The summed E-state index contributed by atoms with van der Waals surface area (Å²) >= 11 is 5.75. The molecule has 5 heteroatoms. The average Bonchev–Trinajstić information content (AvgIpc) is 2.48. The van der Waals surface area contributed by atoms with E-state index in [9.17, 15) is 8.42 Å². The lowest BCUT2D eigenvalue weighted by Gasteiger charge is -2.17. The van der Waals surface area contributed by atoms with E-state index < -0.39 is 10.0 Å². The number of sulfonamides is 1. The molecule has 0 amide bonds. The summed E-state index contributed by atoms with van der Waals surface area (Å²) in [6, 6.07) is 16.2. The highest BCUT2D eigenvalue weighted by atomic mass is 35.5. The lowest BCUT2D eigenvalue weighted by atomic mass is 10.2. The Kier molecular flexibility index (Phi) is 4.81. The number of hydrogen-bond acceptors (Lipinski definition) is 2. The normalized spacial score (nSPS) is 11.8. The maximum Gasteiger partial charge on any atom is 0.243 e. The van der Waals surface area contributed by atoms with Crippen molar-refractivity contribution in [2.75, 3.05) is 7.05 Å². The van der Waals surface area contributed by atoms with Gasteiger partial charge in [-0.2, -0.15) is 4.31 Å². The predicted molar refractivity (Wildman–Crippen MR) is 81.1 cm³/mol. The van der Waals surface area contributed by atoms with Gasteiger partial charge in [0.25, 0.3) is 0 Å². The highest BCUT2D eigenvalue weighted by molar-refractivity contribution is 7.89. The molecule has 0 aliphatic heterocycles. The summed E-state index contributed by atoms with van der Waals surface area (Å²) < 4.78 is 26.3. The maximum atomic E-state index is 12.5. The van der Waals surface area contributed by atoms with E-state index in [1.807, 2.05) is 36.4 Å². The van der Waals surface area contributed by atoms with Crippen molar-refractivity contribution in [3.8, 4) is 0 Å². The van der Waals surface area contributed by atoms with Crippen LogP contribution < -0.4 is 0 Å². The molecule has 0 radical (unpaired) electrons. The highest BCUT2D eigenvalue weighted by Gasteiger charge is 2.20. The Morgan fingerprint density at radius 3 is 2.30 bits per heavy atom. The van der Waals surface area contributed by atoms with Gasteiger partial charge in [-0.25, -0.2) is 8.42 Å². The Hall–Kier alpha value is -1.36. The van der Waals surface area contributed by atoms with Gasteiger partial charge < -0.3 is 0 Å². The standard InChI is InChI=1S/C15H16ClNO2S/c1-17(12-13-6-3-2-4-7-13)20(18,19)15-9-5-8-14(10-15)11-16/h2-10H,11-12H2,1H3. The van der Waals surface area contributed by atoms with Gasteiger partial charge in [0.2, 0.25) is 10.0 Å². The van der Waals surface area contributed by atoms with Gasteiger partial charge in [-0.3, -0.25) is 0 Å². The first-order valence-electron chi connectivity index (χ1n) is 6.19. The summed E-state index contributed by atoms with van der Waals surface area (Å²) in [5.41, 5.74) is 1.74. The Balaban J connectivity index is 2.25. The molecule has 0 spiro atoms. The van der Waals surface area contributed by atoms with Crippen LogP contribution in [0.3, 0.4) is 0 Å². The Labute approximate surface area is 124 Å². The molecule has 0 saturated heterocycles. The van der Waals surface area contributed by atoms with E-state index in [1.165, 1.54) is 4.31 Å². The monoisotopic (exact) mass is 309 g/mol. The molecule has 0 unspecified atom stereocenters. The van der Waals surface area contributed by atoms with Crippen LogP contribution in [0.2, 0.25) is 0 Å². The Morgan fingerprint density at radius 1 is 1.00 bits per heavy atom. The van der Waals surface area contributed by atoms with Crippen molar-refractivity contribution in [3.05, 3.63) is 65.7 Å². The van der Waals surface area contributed by atoms with Gasteiger partial charge in [-0.05, 0) is 23.3 Å². The molecule has 0 N–H and O–H groups in total. The molecular weight excluding hydrogens is 294 g/mol. The van der Waals surface area contributed by atoms with Crippen LogP contribution in [-0.2, 0) is 22.4 Å². The van der Waals surface area contributed by atoms with E-state index in [0.717, 1.165) is 11.1 Å². The van der Waals surface area contributed by atoms with Crippen molar-refractivity contribution in [1.29, 1.82) is 0 Å². The zero-order valence-electron chi connectivity index (χ0n) is 11.2. The summed E-state index contributed by atoms with van der Waals surface area (Å²) in [6.45, 7) is 0.342. The average molecular weight is 310 g/mol. The molecule has 0 aliphatic rings. The van der Waals surface area contributed by atoms with Crippen LogP contribution in [0, 0.1) is 0 Å². The van der Waals surface area contributed by atoms with Crippen LogP contribution in [0.15, 0.2) is 59.5 Å². The lowest BCUT2D eigenvalue weighted by molar-refractivity contribution is 0.466. The molecule has 0 atom stereocenters.